The number of imidazole rings is 1. The van der Waals surface area contributed by atoms with Gasteiger partial charge in [0.05, 0.1) is 37.9 Å². The number of anilines is 3. The number of alkyl halides is 2. The van der Waals surface area contributed by atoms with Crippen LogP contribution in [0.4, 0.5) is 21.9 Å². The van der Waals surface area contributed by atoms with E-state index in [1.165, 1.54) is 0 Å². The zero-order chi connectivity index (χ0) is 29.0. The van der Waals surface area contributed by atoms with Crippen molar-refractivity contribution in [2.45, 2.75) is 19.9 Å². The van der Waals surface area contributed by atoms with Crippen LogP contribution in [0.15, 0.2) is 60.9 Å². The number of aryl methyl sites for hydroxylation is 1. The van der Waals surface area contributed by atoms with Crippen LogP contribution in [0.25, 0.3) is 17.0 Å². The minimum absolute atomic E-state index is 0.0913. The quantitative estimate of drug-likeness (QED) is 0.189. The summed E-state index contributed by atoms with van der Waals surface area (Å²) in [5.74, 6) is 1.30. The minimum atomic E-state index is -0.354. The zero-order valence-electron chi connectivity index (χ0n) is 23.5. The molecule has 0 aliphatic rings. The smallest absolute Gasteiger partial charge is 0.333 e. The van der Waals surface area contributed by atoms with E-state index in [0.29, 0.717) is 52.2 Å². The van der Waals surface area contributed by atoms with Gasteiger partial charge in [-0.2, -0.15) is 0 Å². The number of quaternary nitrogens is 1. The summed E-state index contributed by atoms with van der Waals surface area (Å²) < 4.78 is 3.79. The Morgan fingerprint density at radius 3 is 2.27 bits per heavy atom. The van der Waals surface area contributed by atoms with Gasteiger partial charge in [0, 0.05) is 48.6 Å². The first-order valence-electron chi connectivity index (χ1n) is 13.1. The molecule has 4 rings (SSSR count). The van der Waals surface area contributed by atoms with Crippen LogP contribution in [0.5, 0.6) is 0 Å². The highest BCUT2D eigenvalue weighted by atomic mass is 35.5. The maximum Gasteiger partial charge on any atom is 0.333 e. The van der Waals surface area contributed by atoms with Crippen molar-refractivity contribution < 1.29 is 14.1 Å². The van der Waals surface area contributed by atoms with E-state index in [4.69, 9.17) is 28.2 Å². The second-order valence-corrected chi connectivity index (χ2v) is 11.4. The molecule has 11 heteroatoms. The van der Waals surface area contributed by atoms with Gasteiger partial charge in [-0.15, -0.1) is 23.2 Å². The highest BCUT2D eigenvalue weighted by Gasteiger charge is 2.27. The molecule has 0 bridgehead atoms. The van der Waals surface area contributed by atoms with Gasteiger partial charge in [-0.05, 0) is 55.8 Å². The van der Waals surface area contributed by atoms with E-state index in [0.717, 1.165) is 16.8 Å². The second kappa shape index (κ2) is 12.3. The molecule has 4 aromatic rings. The number of aromatic nitrogens is 3. The molecule has 2 heterocycles. The van der Waals surface area contributed by atoms with Crippen molar-refractivity contribution in [3.63, 3.8) is 0 Å². The third-order valence-corrected chi connectivity index (χ3v) is 7.34. The number of fused-ring (bicyclic) bond motifs is 1. The van der Waals surface area contributed by atoms with Crippen LogP contribution < -0.4 is 15.5 Å². The summed E-state index contributed by atoms with van der Waals surface area (Å²) in [4.78, 5) is 33.4. The molecule has 2 N–H and O–H groups in total. The van der Waals surface area contributed by atoms with Crippen LogP contribution in [-0.4, -0.2) is 82.6 Å². The van der Waals surface area contributed by atoms with Crippen LogP contribution in [0.1, 0.15) is 12.5 Å². The van der Waals surface area contributed by atoms with Crippen molar-refractivity contribution in [3.05, 3.63) is 66.5 Å². The monoisotopic (exact) mass is 584 g/mol. The minimum Gasteiger partial charge on any atom is -0.369 e. The maximum absolute atomic E-state index is 13.7. The molecule has 0 spiro atoms. The van der Waals surface area contributed by atoms with Gasteiger partial charge >= 0.3 is 6.03 Å². The molecule has 0 aliphatic carbocycles. The van der Waals surface area contributed by atoms with Gasteiger partial charge in [0.2, 0.25) is 5.95 Å². The summed E-state index contributed by atoms with van der Waals surface area (Å²) in [6.45, 7) is 5.20. The average molecular weight is 586 g/mol. The Labute approximate surface area is 244 Å². The van der Waals surface area contributed by atoms with Crippen LogP contribution in [-0.2, 0) is 4.79 Å². The van der Waals surface area contributed by atoms with Crippen molar-refractivity contribution in [3.8, 4) is 5.95 Å². The number of nitrogens with one attached hydrogen (secondary N) is 2. The number of halogens is 2. The Kier molecular flexibility index (Phi) is 9.08. The number of hydrogen-bond acceptors (Lipinski definition) is 4. The van der Waals surface area contributed by atoms with E-state index >= 15 is 0 Å². The molecule has 2 aromatic carbocycles. The van der Waals surface area contributed by atoms with Crippen LogP contribution in [0.3, 0.4) is 0 Å². The third-order valence-electron chi connectivity index (χ3n) is 7.00. The molecule has 0 aliphatic heterocycles. The average Bonchev–Trinajstić information content (AvgIpc) is 3.53. The molecule has 9 nitrogen and oxygen atoms in total. The Morgan fingerprint density at radius 2 is 1.65 bits per heavy atom. The lowest BCUT2D eigenvalue weighted by atomic mass is 10.2. The number of para-hydroxylation sites is 1. The molecule has 1 unspecified atom stereocenters. The lowest BCUT2D eigenvalue weighted by Crippen LogP contribution is -2.49. The van der Waals surface area contributed by atoms with Gasteiger partial charge < -0.3 is 20.0 Å². The van der Waals surface area contributed by atoms with E-state index in [1.807, 2.05) is 77.5 Å². The number of likely N-dealkylation sites (N-methyl/N-ethyl adjacent to an activating group) is 1. The Bertz CT molecular complexity index is 1480. The molecule has 0 saturated carbocycles. The molecule has 0 fully saturated rings. The van der Waals surface area contributed by atoms with Crippen molar-refractivity contribution >= 4 is 63.2 Å². The molecule has 40 heavy (non-hydrogen) atoms. The predicted molar refractivity (Wildman–Crippen MR) is 164 cm³/mol. The number of hydrogen-bond donors (Lipinski definition) is 2. The van der Waals surface area contributed by atoms with Crippen LogP contribution in [0.2, 0.25) is 0 Å². The fraction of sp³-hybridized carbons (Fsp3) is 0.345. The fourth-order valence-electron chi connectivity index (χ4n) is 4.30. The lowest BCUT2D eigenvalue weighted by Gasteiger charge is -2.30. The summed E-state index contributed by atoms with van der Waals surface area (Å²) in [5, 5.41) is 5.97. The summed E-state index contributed by atoms with van der Waals surface area (Å²) in [6.07, 6.45) is 3.54. The van der Waals surface area contributed by atoms with Gasteiger partial charge in [-0.3, -0.25) is 9.36 Å². The van der Waals surface area contributed by atoms with Crippen molar-refractivity contribution in [1.29, 1.82) is 0 Å². The molecule has 212 valence electrons. The van der Waals surface area contributed by atoms with E-state index in [-0.39, 0.29) is 18.0 Å². The van der Waals surface area contributed by atoms with Gasteiger partial charge in [0.15, 0.2) is 6.04 Å². The highest BCUT2D eigenvalue weighted by Crippen LogP contribution is 2.25. The molecule has 1 atom stereocenters. The summed E-state index contributed by atoms with van der Waals surface area (Å²) in [6, 6.07) is 14.5. The number of carbonyl (C=O) groups excluding carboxylic acids is 2. The summed E-state index contributed by atoms with van der Waals surface area (Å²) >= 11 is 11.9. The van der Waals surface area contributed by atoms with Gasteiger partial charge in [-0.25, -0.2) is 14.3 Å². The normalized spacial score (nSPS) is 12.4. The molecular weight excluding hydrogens is 549 g/mol. The number of rotatable bonds is 10. The highest BCUT2D eigenvalue weighted by molar-refractivity contribution is 6.18. The predicted octanol–water partition coefficient (Wildman–Crippen LogP) is 5.53. The Balaban J connectivity index is 1.63. The van der Waals surface area contributed by atoms with Crippen LogP contribution >= 0.6 is 23.2 Å². The molecule has 0 radical (unpaired) electrons. The van der Waals surface area contributed by atoms with Crippen LogP contribution in [0, 0.1) is 6.92 Å². The second-order valence-electron chi connectivity index (χ2n) is 10.6. The number of benzene rings is 2. The van der Waals surface area contributed by atoms with E-state index < -0.39 is 0 Å². The number of amides is 2. The molecule has 0 saturated heterocycles. The third kappa shape index (κ3) is 6.43. The zero-order valence-corrected chi connectivity index (χ0v) is 25.0. The first-order valence-corrected chi connectivity index (χ1v) is 14.2. The van der Waals surface area contributed by atoms with E-state index in [2.05, 4.69) is 15.5 Å². The van der Waals surface area contributed by atoms with Gasteiger partial charge in [0.25, 0.3) is 5.91 Å². The van der Waals surface area contributed by atoms with Gasteiger partial charge in [0.1, 0.15) is 0 Å². The SMILES string of the molecule is Cc1cccc2c1nc(-n1ccc(NC(=O)C(C)[N+](C)(C)C)c1)n2C(=O)Nc1ccc(N(CCCl)CCCl)cc1. The van der Waals surface area contributed by atoms with Gasteiger partial charge in [-0.1, -0.05) is 12.1 Å². The van der Waals surface area contributed by atoms with E-state index in [1.54, 1.807) is 27.6 Å². The van der Waals surface area contributed by atoms with Crippen molar-refractivity contribution in [2.24, 2.45) is 0 Å². The Morgan fingerprint density at radius 1 is 0.975 bits per heavy atom. The molecule has 2 amide bonds. The first kappa shape index (κ1) is 29.5. The summed E-state index contributed by atoms with van der Waals surface area (Å²) in [7, 11) is 5.92. The topological polar surface area (TPSA) is 84.2 Å². The van der Waals surface area contributed by atoms with Crippen molar-refractivity contribution in [2.75, 3.05) is 61.5 Å². The fourth-order valence-corrected chi connectivity index (χ4v) is 4.71. The lowest BCUT2D eigenvalue weighted by molar-refractivity contribution is -0.884. The molecular formula is C29H36Cl2N7O2+. The standard InChI is InChI=1S/C29H35Cl2N7O2/c1-20-7-6-8-25-26(20)34-28(36-16-13-23(19-36)32-27(39)21(2)38(3,4)5)37(25)29(40)33-22-9-11-24(12-10-22)35(17-14-30)18-15-31/h6-13,16,19,21H,14-15,17-18H2,1-5H3,(H-,32,33,39,40)/p+1. The molecule has 2 aromatic heterocycles. The Hall–Kier alpha value is -3.53. The summed E-state index contributed by atoms with van der Waals surface area (Å²) in [5.41, 5.74) is 4.59. The van der Waals surface area contributed by atoms with E-state index in [9.17, 15) is 9.59 Å². The number of carbonyl (C=O) groups is 2. The maximum atomic E-state index is 13.7. The van der Waals surface area contributed by atoms with Crippen molar-refractivity contribution in [1.82, 2.24) is 14.1 Å². The first-order chi connectivity index (χ1) is 19.0. The largest absolute Gasteiger partial charge is 0.369 e. The number of nitrogens with zero attached hydrogens (tertiary/aromatic N) is 5.